The maximum absolute atomic E-state index is 13.5. The van der Waals surface area contributed by atoms with Gasteiger partial charge in [-0.3, -0.25) is 9.78 Å². The number of halogens is 3. The fourth-order valence-corrected chi connectivity index (χ4v) is 4.02. The van der Waals surface area contributed by atoms with Crippen LogP contribution in [-0.2, 0) is 11.2 Å². The van der Waals surface area contributed by atoms with Gasteiger partial charge in [0, 0.05) is 30.1 Å². The summed E-state index contributed by atoms with van der Waals surface area (Å²) in [6.07, 6.45) is 3.71. The van der Waals surface area contributed by atoms with Gasteiger partial charge in [-0.1, -0.05) is 35.9 Å². The Morgan fingerprint density at radius 2 is 1.85 bits per heavy atom. The first-order valence-electron chi connectivity index (χ1n) is 10.6. The van der Waals surface area contributed by atoms with Crippen molar-refractivity contribution >= 4 is 23.3 Å². The van der Waals surface area contributed by atoms with Gasteiger partial charge in [0.1, 0.15) is 17.5 Å². The topological polar surface area (TPSA) is 80.9 Å². The third-order valence-corrected chi connectivity index (χ3v) is 5.65. The molecule has 2 aromatic carbocycles. The largest absolute Gasteiger partial charge is 0.369 e. The third kappa shape index (κ3) is 5.38. The van der Waals surface area contributed by atoms with Gasteiger partial charge in [-0.05, 0) is 60.0 Å². The monoisotopic (exact) mass is 478 g/mol. The van der Waals surface area contributed by atoms with Crippen LogP contribution in [0.4, 0.5) is 14.6 Å². The number of anilines is 1. The lowest BCUT2D eigenvalue weighted by Crippen LogP contribution is -2.24. The molecule has 4 aromatic rings. The lowest BCUT2D eigenvalue weighted by atomic mass is 9.91. The number of primary amides is 1. The molecule has 1 amide bonds. The molecule has 8 heteroatoms. The van der Waals surface area contributed by atoms with Gasteiger partial charge in [0.25, 0.3) is 0 Å². The van der Waals surface area contributed by atoms with Gasteiger partial charge in [0.2, 0.25) is 5.91 Å². The van der Waals surface area contributed by atoms with Crippen molar-refractivity contribution in [2.45, 2.75) is 12.3 Å². The van der Waals surface area contributed by atoms with Crippen LogP contribution >= 0.6 is 11.6 Å². The molecule has 0 saturated heterocycles. The van der Waals surface area contributed by atoms with Crippen LogP contribution in [0, 0.1) is 11.6 Å². The van der Waals surface area contributed by atoms with Gasteiger partial charge < -0.3 is 11.1 Å². The molecular weight excluding hydrogens is 458 g/mol. The average molecular weight is 479 g/mol. The van der Waals surface area contributed by atoms with Crippen LogP contribution < -0.4 is 11.1 Å². The number of pyridine rings is 2. The number of benzene rings is 2. The van der Waals surface area contributed by atoms with Gasteiger partial charge in [0.05, 0.1) is 16.6 Å². The van der Waals surface area contributed by atoms with E-state index in [1.54, 1.807) is 48.8 Å². The number of nitrogens with zero attached hydrogens (tertiary/aromatic N) is 2. The second-order valence-corrected chi connectivity index (χ2v) is 8.09. The molecule has 1 atom stereocenters. The molecule has 2 heterocycles. The van der Waals surface area contributed by atoms with Crippen molar-refractivity contribution in [2.75, 3.05) is 11.9 Å². The second-order valence-electron chi connectivity index (χ2n) is 7.69. The van der Waals surface area contributed by atoms with Crippen molar-refractivity contribution in [3.63, 3.8) is 0 Å². The van der Waals surface area contributed by atoms with Gasteiger partial charge in [-0.2, -0.15) is 0 Å². The number of amides is 1. The first kappa shape index (κ1) is 23.3. The highest BCUT2D eigenvalue weighted by Gasteiger charge is 2.25. The number of rotatable bonds is 8. The minimum atomic E-state index is -0.796. The Balaban J connectivity index is 1.72. The first-order valence-corrected chi connectivity index (χ1v) is 10.9. The van der Waals surface area contributed by atoms with Gasteiger partial charge in [-0.15, -0.1) is 0 Å². The summed E-state index contributed by atoms with van der Waals surface area (Å²) in [5, 5.41) is 3.46. The lowest BCUT2D eigenvalue weighted by Gasteiger charge is -2.19. The molecule has 34 heavy (non-hydrogen) atoms. The molecule has 4 rings (SSSR count). The van der Waals surface area contributed by atoms with E-state index in [4.69, 9.17) is 22.3 Å². The number of nitrogens with one attached hydrogen (secondary N) is 1. The highest BCUT2D eigenvalue weighted by Crippen LogP contribution is 2.33. The zero-order valence-electron chi connectivity index (χ0n) is 18.0. The molecule has 0 aliphatic carbocycles. The van der Waals surface area contributed by atoms with E-state index in [0.717, 1.165) is 5.56 Å². The van der Waals surface area contributed by atoms with Crippen molar-refractivity contribution in [1.29, 1.82) is 0 Å². The van der Waals surface area contributed by atoms with Gasteiger partial charge in [-0.25, -0.2) is 13.8 Å². The van der Waals surface area contributed by atoms with Crippen molar-refractivity contribution in [3.8, 4) is 11.3 Å². The fraction of sp³-hybridized carbons (Fsp3) is 0.115. The number of carbonyl (C=O) groups is 1. The summed E-state index contributed by atoms with van der Waals surface area (Å²) >= 11 is 6.25. The van der Waals surface area contributed by atoms with Gasteiger partial charge >= 0.3 is 0 Å². The maximum Gasteiger partial charge on any atom is 0.229 e. The Kier molecular flexibility index (Phi) is 7.13. The number of aromatic nitrogens is 2. The van der Waals surface area contributed by atoms with E-state index in [2.05, 4.69) is 10.3 Å². The quantitative estimate of drug-likeness (QED) is 0.358. The fourth-order valence-electron chi connectivity index (χ4n) is 3.75. The van der Waals surface area contributed by atoms with Crippen molar-refractivity contribution < 1.29 is 13.6 Å². The summed E-state index contributed by atoms with van der Waals surface area (Å²) < 4.78 is 27.1. The Bertz CT molecular complexity index is 1320. The lowest BCUT2D eigenvalue weighted by molar-refractivity contribution is -0.118. The van der Waals surface area contributed by atoms with E-state index < -0.39 is 17.6 Å². The molecule has 0 fully saturated rings. The van der Waals surface area contributed by atoms with Crippen LogP contribution in [0.2, 0.25) is 5.02 Å². The summed E-state index contributed by atoms with van der Waals surface area (Å²) in [5.74, 6) is -1.70. The molecule has 0 spiro atoms. The van der Waals surface area contributed by atoms with E-state index in [9.17, 15) is 13.6 Å². The molecule has 0 bridgehead atoms. The van der Waals surface area contributed by atoms with Crippen LogP contribution in [0.5, 0.6) is 0 Å². The van der Waals surface area contributed by atoms with E-state index in [1.165, 1.54) is 24.3 Å². The Morgan fingerprint density at radius 1 is 1.03 bits per heavy atom. The van der Waals surface area contributed by atoms with Crippen molar-refractivity contribution in [1.82, 2.24) is 9.97 Å². The minimum Gasteiger partial charge on any atom is -0.369 e. The highest BCUT2D eigenvalue weighted by molar-refractivity contribution is 6.33. The third-order valence-electron chi connectivity index (χ3n) is 5.34. The first-order chi connectivity index (χ1) is 16.4. The minimum absolute atomic E-state index is 0.213. The van der Waals surface area contributed by atoms with Crippen molar-refractivity contribution in [2.24, 2.45) is 5.73 Å². The summed E-state index contributed by atoms with van der Waals surface area (Å²) in [7, 11) is 0. The molecule has 0 aliphatic rings. The Morgan fingerprint density at radius 3 is 2.56 bits per heavy atom. The zero-order chi connectivity index (χ0) is 24.1. The standard InChI is InChI=1S/C26H21ClF2N4O/c27-22-14-19(29)6-7-20(22)23-9-8-21(24(25(30)34)17-4-2-11-31-15-17)26(33-23)32-12-10-16-3-1-5-18(28)13-16/h1-9,11,13-15,24H,10,12H2,(H2,30,34)(H,32,33). The normalized spacial score (nSPS) is 11.7. The predicted octanol–water partition coefficient (Wildman–Crippen LogP) is 5.35. The summed E-state index contributed by atoms with van der Waals surface area (Å²) in [6, 6.07) is 17.3. The van der Waals surface area contributed by atoms with Crippen LogP contribution in [0.25, 0.3) is 11.3 Å². The predicted molar refractivity (Wildman–Crippen MR) is 129 cm³/mol. The Labute approximate surface area is 200 Å². The summed E-state index contributed by atoms with van der Waals surface area (Å²) in [4.78, 5) is 21.3. The smallest absolute Gasteiger partial charge is 0.229 e. The number of hydrogen-bond acceptors (Lipinski definition) is 4. The molecule has 0 radical (unpaired) electrons. The zero-order valence-corrected chi connectivity index (χ0v) is 18.8. The number of nitrogens with two attached hydrogens (primary N) is 1. The average Bonchev–Trinajstić information content (AvgIpc) is 2.81. The summed E-state index contributed by atoms with van der Waals surface area (Å²) in [6.45, 7) is 0.419. The molecule has 2 aromatic heterocycles. The SMILES string of the molecule is NC(=O)C(c1cccnc1)c1ccc(-c2ccc(F)cc2Cl)nc1NCCc1cccc(F)c1. The number of carbonyl (C=O) groups excluding carboxylic acids is 1. The van der Waals surface area contributed by atoms with E-state index in [1.807, 2.05) is 6.07 Å². The molecular formula is C26H21ClF2N4O. The van der Waals surface area contributed by atoms with Crippen LogP contribution in [-0.4, -0.2) is 22.4 Å². The van der Waals surface area contributed by atoms with Crippen LogP contribution in [0.3, 0.4) is 0 Å². The maximum atomic E-state index is 13.5. The van der Waals surface area contributed by atoms with Crippen LogP contribution in [0.15, 0.2) is 79.1 Å². The van der Waals surface area contributed by atoms with E-state index >= 15 is 0 Å². The van der Waals surface area contributed by atoms with Crippen LogP contribution in [0.1, 0.15) is 22.6 Å². The summed E-state index contributed by atoms with van der Waals surface area (Å²) in [5.41, 5.74) is 8.80. The molecule has 5 nitrogen and oxygen atoms in total. The van der Waals surface area contributed by atoms with E-state index in [0.29, 0.717) is 41.2 Å². The molecule has 3 N–H and O–H groups in total. The Hall–Kier alpha value is -3.84. The molecule has 0 saturated carbocycles. The van der Waals surface area contributed by atoms with Gasteiger partial charge in [0.15, 0.2) is 0 Å². The van der Waals surface area contributed by atoms with Crippen molar-refractivity contribution in [3.05, 3.63) is 112 Å². The highest BCUT2D eigenvalue weighted by atomic mass is 35.5. The number of hydrogen-bond donors (Lipinski definition) is 2. The molecule has 172 valence electrons. The van der Waals surface area contributed by atoms with E-state index in [-0.39, 0.29) is 10.8 Å². The second kappa shape index (κ2) is 10.4. The molecule has 1 unspecified atom stereocenters. The molecule has 0 aliphatic heterocycles.